The molecule has 0 saturated heterocycles. The van der Waals surface area contributed by atoms with Gasteiger partial charge in [-0.25, -0.2) is 4.39 Å². The van der Waals surface area contributed by atoms with Crippen LogP contribution in [0, 0.1) is 9.39 Å². The standard InChI is InChI=1S/C10H8FIO3/c11-7-3-6(4-8(12)5-7)9(13)1-2-10(14)15/h3-5H,1-2H2,(H,14,15)/p+1. The van der Waals surface area contributed by atoms with Crippen LogP contribution < -0.4 is 0 Å². The Bertz CT molecular complexity index is 383. The number of hydrogen-bond acceptors (Lipinski definition) is 2. The summed E-state index contributed by atoms with van der Waals surface area (Å²) in [7, 11) is 0. The summed E-state index contributed by atoms with van der Waals surface area (Å²) in [6, 6.07) is 4.01. The second-order valence-corrected chi connectivity index (χ2v) is 4.25. The van der Waals surface area contributed by atoms with Gasteiger partial charge in [-0.2, -0.15) is 0 Å². The highest BCUT2D eigenvalue weighted by atomic mass is 127. The predicted octanol–water partition coefficient (Wildman–Crippen LogP) is 1.64. The number of carbonyl (C=O) groups is 2. The zero-order valence-electron chi connectivity index (χ0n) is 7.72. The van der Waals surface area contributed by atoms with E-state index in [1.807, 2.05) is 22.6 Å². The predicted molar refractivity (Wildman–Crippen MR) is 61.3 cm³/mol. The molecular formula is C10H9FIO3+. The van der Waals surface area contributed by atoms with E-state index in [0.29, 0.717) is 3.57 Å². The molecule has 3 nitrogen and oxygen atoms in total. The first-order valence-electron chi connectivity index (χ1n) is 4.23. The summed E-state index contributed by atoms with van der Waals surface area (Å²) >= 11 is 1.91. The summed E-state index contributed by atoms with van der Waals surface area (Å²) in [5.74, 6) is -1.56. The van der Waals surface area contributed by atoms with Crippen molar-refractivity contribution in [3.05, 3.63) is 33.1 Å². The molecule has 0 aliphatic heterocycles. The van der Waals surface area contributed by atoms with E-state index in [9.17, 15) is 14.0 Å². The molecule has 0 unspecified atom stereocenters. The van der Waals surface area contributed by atoms with Crippen LogP contribution in [0.5, 0.6) is 0 Å². The zero-order valence-corrected chi connectivity index (χ0v) is 9.88. The molecule has 0 radical (unpaired) electrons. The van der Waals surface area contributed by atoms with Crippen LogP contribution in [-0.2, 0) is 4.79 Å². The van der Waals surface area contributed by atoms with Gasteiger partial charge in [0.25, 0.3) is 0 Å². The lowest BCUT2D eigenvalue weighted by Gasteiger charge is -1.99. The van der Waals surface area contributed by atoms with Crippen LogP contribution in [0.15, 0.2) is 18.2 Å². The lowest BCUT2D eigenvalue weighted by atomic mass is 10.1. The summed E-state index contributed by atoms with van der Waals surface area (Å²) in [5.41, 5.74) is 0.251. The molecule has 1 aromatic carbocycles. The molecule has 0 aromatic heterocycles. The maximum absolute atomic E-state index is 12.9. The van der Waals surface area contributed by atoms with E-state index in [2.05, 4.69) is 0 Å². The van der Waals surface area contributed by atoms with Crippen molar-refractivity contribution in [1.82, 2.24) is 0 Å². The van der Waals surface area contributed by atoms with E-state index in [0.717, 1.165) is 6.07 Å². The minimum atomic E-state index is -0.783. The van der Waals surface area contributed by atoms with Crippen LogP contribution >= 0.6 is 22.6 Å². The number of halogens is 2. The fourth-order valence-corrected chi connectivity index (χ4v) is 1.72. The normalized spacial score (nSPS) is 10.0. The molecule has 0 fully saturated rings. The van der Waals surface area contributed by atoms with Crippen molar-refractivity contribution in [2.45, 2.75) is 12.8 Å². The minimum Gasteiger partial charge on any atom is -0.565 e. The van der Waals surface area contributed by atoms with Crippen molar-refractivity contribution >= 4 is 34.3 Å². The van der Waals surface area contributed by atoms with E-state index in [4.69, 9.17) is 5.11 Å². The fraction of sp³-hybridized carbons (Fsp3) is 0.200. The molecule has 0 aliphatic rings. The van der Waals surface area contributed by atoms with E-state index < -0.39 is 11.8 Å². The van der Waals surface area contributed by atoms with Gasteiger partial charge in [0.1, 0.15) is 12.2 Å². The van der Waals surface area contributed by atoms with Crippen LogP contribution in [0.3, 0.4) is 0 Å². The Morgan fingerprint density at radius 3 is 2.47 bits per heavy atom. The minimum absolute atomic E-state index is 0.0398. The number of rotatable bonds is 4. The first-order chi connectivity index (χ1) is 6.99. The third-order valence-electron chi connectivity index (χ3n) is 1.76. The van der Waals surface area contributed by atoms with Crippen molar-refractivity contribution in [1.29, 1.82) is 0 Å². The largest absolute Gasteiger partial charge is 0.565 e. The molecule has 0 aliphatic carbocycles. The van der Waals surface area contributed by atoms with Crippen LogP contribution in [0.2, 0.25) is 0 Å². The van der Waals surface area contributed by atoms with E-state index in [-0.39, 0.29) is 24.2 Å². The molecule has 2 N–H and O–H groups in total. The molecule has 0 spiro atoms. The van der Waals surface area contributed by atoms with Gasteiger partial charge in [0.05, 0.1) is 0 Å². The highest BCUT2D eigenvalue weighted by molar-refractivity contribution is 14.1. The summed E-state index contributed by atoms with van der Waals surface area (Å²) in [6.07, 6.45) is -0.159. The van der Waals surface area contributed by atoms with Gasteiger partial charge in [-0.1, -0.05) is 0 Å². The number of hydrogen-bond donors (Lipinski definition) is 0. The SMILES string of the molecule is O=C([OH2+])CCC(=O)c1cc(F)cc(I)c1. The number of Topliss-reactive ketones (excluding diaryl/α,β-unsaturated/α-hetero) is 1. The Hall–Kier alpha value is -0.980. The first kappa shape index (κ1) is 12.1. The Labute approximate surface area is 99.4 Å². The van der Waals surface area contributed by atoms with Gasteiger partial charge in [0, 0.05) is 20.3 Å². The summed E-state index contributed by atoms with van der Waals surface area (Å²) in [6.45, 7) is 0. The molecule has 0 atom stereocenters. The molecule has 80 valence electrons. The van der Waals surface area contributed by atoms with Gasteiger partial charge in [0.2, 0.25) is 0 Å². The summed E-state index contributed by atoms with van der Waals surface area (Å²) < 4.78 is 13.6. The van der Waals surface area contributed by atoms with Gasteiger partial charge < -0.3 is 5.11 Å². The van der Waals surface area contributed by atoms with Crippen molar-refractivity contribution in [2.24, 2.45) is 0 Å². The maximum atomic E-state index is 12.9. The lowest BCUT2D eigenvalue weighted by molar-refractivity contribution is -0.136. The van der Waals surface area contributed by atoms with Crippen LogP contribution in [0.25, 0.3) is 0 Å². The number of benzene rings is 1. The van der Waals surface area contributed by atoms with E-state index >= 15 is 0 Å². The molecule has 5 heteroatoms. The molecule has 0 saturated carbocycles. The van der Waals surface area contributed by atoms with Gasteiger partial charge in [-0.15, -0.1) is 0 Å². The van der Waals surface area contributed by atoms with Gasteiger partial charge >= 0.3 is 5.97 Å². The third kappa shape index (κ3) is 3.94. The molecule has 0 heterocycles. The van der Waals surface area contributed by atoms with Gasteiger partial charge in [-0.05, 0) is 40.8 Å². The average Bonchev–Trinajstić information content (AvgIpc) is 2.12. The fourth-order valence-electron chi connectivity index (χ4n) is 1.09. The van der Waals surface area contributed by atoms with Crippen LogP contribution in [-0.4, -0.2) is 16.9 Å². The summed E-state index contributed by atoms with van der Waals surface area (Å²) in [4.78, 5) is 21.8. The average molecular weight is 323 g/mol. The Morgan fingerprint density at radius 1 is 1.27 bits per heavy atom. The second-order valence-electron chi connectivity index (χ2n) is 3.00. The van der Waals surface area contributed by atoms with Crippen molar-refractivity contribution in [3.63, 3.8) is 0 Å². The van der Waals surface area contributed by atoms with Gasteiger partial charge in [0.15, 0.2) is 5.78 Å². The van der Waals surface area contributed by atoms with Crippen molar-refractivity contribution < 1.29 is 19.1 Å². The quantitative estimate of drug-likeness (QED) is 0.481. The first-order valence-corrected chi connectivity index (χ1v) is 5.30. The molecule has 15 heavy (non-hydrogen) atoms. The molecule has 1 aromatic rings. The highest BCUT2D eigenvalue weighted by Crippen LogP contribution is 2.13. The number of ketones is 1. The van der Waals surface area contributed by atoms with Crippen molar-refractivity contribution in [3.8, 4) is 0 Å². The molecule has 0 bridgehead atoms. The second kappa shape index (κ2) is 5.20. The highest BCUT2D eigenvalue weighted by Gasteiger charge is 2.13. The monoisotopic (exact) mass is 323 g/mol. The van der Waals surface area contributed by atoms with Crippen LogP contribution in [0.4, 0.5) is 4.39 Å². The molecular weight excluding hydrogens is 314 g/mol. The van der Waals surface area contributed by atoms with E-state index in [1.165, 1.54) is 6.07 Å². The van der Waals surface area contributed by atoms with Gasteiger partial charge in [-0.3, -0.25) is 4.79 Å². The maximum Gasteiger partial charge on any atom is 0.516 e. The zero-order chi connectivity index (χ0) is 11.4. The molecule has 0 amide bonds. The van der Waals surface area contributed by atoms with E-state index in [1.54, 1.807) is 6.07 Å². The lowest BCUT2D eigenvalue weighted by Crippen LogP contribution is -2.04. The van der Waals surface area contributed by atoms with Crippen molar-refractivity contribution in [2.75, 3.05) is 0 Å². The Morgan fingerprint density at radius 2 is 1.93 bits per heavy atom. The smallest absolute Gasteiger partial charge is 0.516 e. The molecule has 1 rings (SSSR count). The topological polar surface area (TPSA) is 57.0 Å². The Kier molecular flexibility index (Phi) is 4.19. The number of carbonyl (C=O) groups excluding carboxylic acids is 2. The van der Waals surface area contributed by atoms with Crippen LogP contribution in [0.1, 0.15) is 23.2 Å². The third-order valence-corrected chi connectivity index (χ3v) is 2.39. The summed E-state index contributed by atoms with van der Waals surface area (Å²) in [5, 5.41) is 6.65. The Balaban J connectivity index is 2.77.